The average molecular weight is 485 g/mol. The van der Waals surface area contributed by atoms with E-state index in [1.807, 2.05) is 70.6 Å². The summed E-state index contributed by atoms with van der Waals surface area (Å²) in [4.78, 5) is 22.2. The van der Waals surface area contributed by atoms with Gasteiger partial charge < -0.3 is 9.47 Å². The van der Waals surface area contributed by atoms with Crippen LogP contribution in [0.4, 0.5) is 0 Å². The predicted molar refractivity (Wildman–Crippen MR) is 127 cm³/mol. The summed E-state index contributed by atoms with van der Waals surface area (Å²) in [6.45, 7) is 7.79. The van der Waals surface area contributed by atoms with Crippen LogP contribution < -0.4 is 0 Å². The number of carbonyl (C=O) groups is 2. The molecule has 4 unspecified atom stereocenters. The van der Waals surface area contributed by atoms with E-state index in [2.05, 4.69) is 13.2 Å². The first-order valence-electron chi connectivity index (χ1n) is 8.38. The maximum absolute atomic E-state index is 11.1. The second kappa shape index (κ2) is 13.7. The molecule has 0 radical (unpaired) electrons. The van der Waals surface area contributed by atoms with E-state index in [4.69, 9.17) is 9.47 Å². The van der Waals surface area contributed by atoms with Gasteiger partial charge in [0, 0.05) is 50.7 Å². The molecule has 2 heterocycles. The normalized spacial score (nSPS) is 27.3. The summed E-state index contributed by atoms with van der Waals surface area (Å²) in [6, 6.07) is 0. The van der Waals surface area contributed by atoms with Gasteiger partial charge in [0.25, 0.3) is 0 Å². The third-order valence-electron chi connectivity index (χ3n) is 3.46. The number of hydrogen-bond donors (Lipinski definition) is 0. The fraction of sp³-hybridized carbons (Fsp3) is 0.647. The SMILES string of the molecule is C=CC(=O)OCC1CSC(CSCSCC2SCC(COC(=O)C=C)S2)S1. The Kier molecular flexibility index (Phi) is 12.1. The van der Waals surface area contributed by atoms with Crippen molar-refractivity contribution in [3.05, 3.63) is 25.3 Å². The Labute approximate surface area is 186 Å². The first-order chi connectivity index (χ1) is 13.1. The maximum Gasteiger partial charge on any atom is 0.330 e. The smallest absolute Gasteiger partial charge is 0.330 e. The molecule has 27 heavy (non-hydrogen) atoms. The Hall–Kier alpha value is 0.520. The molecule has 0 amide bonds. The van der Waals surface area contributed by atoms with Crippen LogP contribution in [0.3, 0.4) is 0 Å². The van der Waals surface area contributed by atoms with E-state index in [9.17, 15) is 9.59 Å². The third kappa shape index (κ3) is 9.71. The lowest BCUT2D eigenvalue weighted by molar-refractivity contribution is -0.138. The highest BCUT2D eigenvalue weighted by Crippen LogP contribution is 2.42. The van der Waals surface area contributed by atoms with Crippen LogP contribution >= 0.6 is 70.6 Å². The molecule has 0 N–H and O–H groups in total. The second-order valence-corrected chi connectivity index (χ2v) is 14.1. The number of esters is 2. The highest BCUT2D eigenvalue weighted by atomic mass is 32.2. The number of hydrogen-bond acceptors (Lipinski definition) is 10. The molecule has 0 saturated carbocycles. The Bertz CT molecular complexity index is 474. The van der Waals surface area contributed by atoms with Gasteiger partial charge in [0.15, 0.2) is 0 Å². The van der Waals surface area contributed by atoms with Crippen molar-refractivity contribution in [2.75, 3.05) is 41.3 Å². The minimum Gasteiger partial charge on any atom is -0.461 e. The molecular weight excluding hydrogens is 461 g/mol. The van der Waals surface area contributed by atoms with Gasteiger partial charge in [-0.3, -0.25) is 0 Å². The highest BCUT2D eigenvalue weighted by molar-refractivity contribution is 8.23. The van der Waals surface area contributed by atoms with Crippen molar-refractivity contribution in [2.24, 2.45) is 0 Å². The van der Waals surface area contributed by atoms with E-state index in [0.717, 1.165) is 28.1 Å². The quantitative estimate of drug-likeness (QED) is 0.174. The Morgan fingerprint density at radius 1 is 0.889 bits per heavy atom. The van der Waals surface area contributed by atoms with E-state index >= 15 is 0 Å². The summed E-state index contributed by atoms with van der Waals surface area (Å²) < 4.78 is 11.4. The minimum absolute atomic E-state index is 0.335. The predicted octanol–water partition coefficient (Wildman–Crippen LogP) is 4.22. The van der Waals surface area contributed by atoms with Crippen molar-refractivity contribution in [2.45, 2.75) is 19.7 Å². The van der Waals surface area contributed by atoms with Gasteiger partial charge in [-0.15, -0.1) is 70.6 Å². The topological polar surface area (TPSA) is 52.6 Å². The van der Waals surface area contributed by atoms with Gasteiger partial charge in [0.05, 0.1) is 9.16 Å². The molecule has 2 saturated heterocycles. The van der Waals surface area contributed by atoms with Gasteiger partial charge in [0.1, 0.15) is 13.2 Å². The molecule has 0 aromatic carbocycles. The van der Waals surface area contributed by atoms with Crippen molar-refractivity contribution in [1.29, 1.82) is 0 Å². The molecule has 0 spiro atoms. The molecule has 0 bridgehead atoms. The lowest BCUT2D eigenvalue weighted by atomic mass is 10.5. The van der Waals surface area contributed by atoms with E-state index in [1.54, 1.807) is 0 Å². The number of carbonyl (C=O) groups excluding carboxylic acids is 2. The molecule has 152 valence electrons. The standard InChI is InChI=1S/C17H24O4S6/c1-3-14(18)20-5-12-7-24-16(26-12)9-22-11-23-10-17-25-8-13(27-17)6-21-15(19)4-2/h3-4,12-13,16-17H,1-2,5-11H2. The van der Waals surface area contributed by atoms with Crippen LogP contribution in [0.1, 0.15) is 0 Å². The van der Waals surface area contributed by atoms with Crippen LogP contribution in [0, 0.1) is 0 Å². The van der Waals surface area contributed by atoms with Crippen molar-refractivity contribution in [3.8, 4) is 0 Å². The molecule has 0 aromatic heterocycles. The first-order valence-corrected chi connectivity index (χ1v) is 14.7. The van der Waals surface area contributed by atoms with Gasteiger partial charge in [0.2, 0.25) is 0 Å². The Balaban J connectivity index is 1.46. The van der Waals surface area contributed by atoms with Gasteiger partial charge in [-0.2, -0.15) is 0 Å². The maximum atomic E-state index is 11.1. The molecule has 4 nitrogen and oxygen atoms in total. The van der Waals surface area contributed by atoms with Gasteiger partial charge >= 0.3 is 11.9 Å². The molecule has 2 fully saturated rings. The average Bonchev–Trinajstić information content (AvgIpc) is 3.33. The van der Waals surface area contributed by atoms with Gasteiger partial charge in [-0.1, -0.05) is 13.2 Å². The fourth-order valence-corrected chi connectivity index (χ4v) is 11.7. The molecule has 2 rings (SSSR count). The monoisotopic (exact) mass is 484 g/mol. The van der Waals surface area contributed by atoms with Crippen LogP contribution in [-0.2, 0) is 19.1 Å². The van der Waals surface area contributed by atoms with Gasteiger partial charge in [-0.05, 0) is 0 Å². The Morgan fingerprint density at radius 3 is 1.74 bits per heavy atom. The number of ether oxygens (including phenoxy) is 2. The summed E-state index contributed by atoms with van der Waals surface area (Å²) in [7, 11) is 0. The molecule has 4 atom stereocenters. The van der Waals surface area contributed by atoms with Crippen molar-refractivity contribution >= 4 is 82.5 Å². The van der Waals surface area contributed by atoms with Gasteiger partial charge in [-0.25, -0.2) is 9.59 Å². The Morgan fingerprint density at radius 2 is 1.33 bits per heavy atom. The first kappa shape index (κ1) is 23.8. The van der Waals surface area contributed by atoms with Crippen molar-refractivity contribution in [1.82, 2.24) is 0 Å². The molecule has 2 aliphatic heterocycles. The van der Waals surface area contributed by atoms with E-state index in [0.29, 0.717) is 32.9 Å². The molecule has 0 aromatic rings. The van der Waals surface area contributed by atoms with Crippen LogP contribution in [-0.4, -0.2) is 72.9 Å². The summed E-state index contributed by atoms with van der Waals surface area (Å²) in [5.74, 6) is 3.66. The van der Waals surface area contributed by atoms with E-state index in [1.165, 1.54) is 12.2 Å². The minimum atomic E-state index is -0.335. The lowest BCUT2D eigenvalue weighted by Gasteiger charge is -2.11. The molecule has 2 aliphatic rings. The van der Waals surface area contributed by atoms with Crippen LogP contribution in [0.2, 0.25) is 0 Å². The van der Waals surface area contributed by atoms with E-state index < -0.39 is 0 Å². The summed E-state index contributed by atoms with van der Waals surface area (Å²) >= 11 is 11.7. The largest absolute Gasteiger partial charge is 0.461 e. The van der Waals surface area contributed by atoms with Crippen molar-refractivity contribution < 1.29 is 19.1 Å². The van der Waals surface area contributed by atoms with Crippen LogP contribution in [0.5, 0.6) is 0 Å². The van der Waals surface area contributed by atoms with Crippen molar-refractivity contribution in [3.63, 3.8) is 0 Å². The second-order valence-electron chi connectivity index (χ2n) is 5.57. The summed E-state index contributed by atoms with van der Waals surface area (Å²) in [5, 5.41) is 1.90. The van der Waals surface area contributed by atoms with E-state index in [-0.39, 0.29) is 11.9 Å². The van der Waals surface area contributed by atoms with Crippen LogP contribution in [0.25, 0.3) is 0 Å². The van der Waals surface area contributed by atoms with Crippen LogP contribution in [0.15, 0.2) is 25.3 Å². The fourth-order valence-electron chi connectivity index (χ4n) is 2.18. The number of thioether (sulfide) groups is 6. The summed E-state index contributed by atoms with van der Waals surface area (Å²) in [6.07, 6.45) is 2.43. The zero-order valence-corrected chi connectivity index (χ0v) is 19.8. The molecule has 10 heteroatoms. The summed E-state index contributed by atoms with van der Waals surface area (Å²) in [5.41, 5.74) is 0. The molecule has 0 aliphatic carbocycles. The number of rotatable bonds is 12. The third-order valence-corrected chi connectivity index (χ3v) is 13.3. The molecular formula is C17H24O4S6. The zero-order valence-electron chi connectivity index (χ0n) is 14.9. The highest BCUT2D eigenvalue weighted by Gasteiger charge is 2.28. The zero-order chi connectivity index (χ0) is 19.5. The lowest BCUT2D eigenvalue weighted by Crippen LogP contribution is -2.14.